The molecule has 0 aliphatic rings. The molecule has 0 saturated heterocycles. The molecule has 3 heteroatoms. The Morgan fingerprint density at radius 3 is 2.15 bits per heavy atom. The zero-order valence-electron chi connectivity index (χ0n) is 12.1. The molecular weight excluding hydrogens is 336 g/mol. The Labute approximate surface area is 134 Å². The molecule has 0 amide bonds. The Morgan fingerprint density at radius 1 is 1.00 bits per heavy atom. The summed E-state index contributed by atoms with van der Waals surface area (Å²) in [6, 6.07) is 10.5. The Balaban J connectivity index is 2.52. The fourth-order valence-electron chi connectivity index (χ4n) is 2.38. The third-order valence-corrected chi connectivity index (χ3v) is 4.66. The van der Waals surface area contributed by atoms with Gasteiger partial charge in [-0.15, -0.1) is 11.6 Å². The van der Waals surface area contributed by atoms with Gasteiger partial charge in [-0.1, -0.05) is 45.3 Å². The molecule has 20 heavy (non-hydrogen) atoms. The lowest BCUT2D eigenvalue weighted by atomic mass is 9.99. The number of halogens is 2. The van der Waals surface area contributed by atoms with Gasteiger partial charge in [0, 0.05) is 10.0 Å². The van der Waals surface area contributed by atoms with Crippen LogP contribution in [0, 0.1) is 20.8 Å². The predicted molar refractivity (Wildman–Crippen MR) is 89.0 cm³/mol. The number of methoxy groups -OCH3 is 1. The van der Waals surface area contributed by atoms with Crippen LogP contribution in [0.3, 0.4) is 0 Å². The molecule has 0 bridgehead atoms. The van der Waals surface area contributed by atoms with Gasteiger partial charge in [-0.05, 0) is 44.0 Å². The van der Waals surface area contributed by atoms with E-state index in [1.165, 1.54) is 11.1 Å². The molecular formula is C17H18BrClO. The molecule has 1 nitrogen and oxygen atoms in total. The van der Waals surface area contributed by atoms with Gasteiger partial charge in [-0.25, -0.2) is 0 Å². The lowest BCUT2D eigenvalue weighted by Gasteiger charge is -2.17. The van der Waals surface area contributed by atoms with Crippen molar-refractivity contribution in [3.8, 4) is 5.75 Å². The number of rotatable bonds is 3. The van der Waals surface area contributed by atoms with Crippen molar-refractivity contribution in [2.75, 3.05) is 7.11 Å². The highest BCUT2D eigenvalue weighted by Crippen LogP contribution is 2.38. The first kappa shape index (κ1) is 15.4. The molecule has 1 unspecified atom stereocenters. The highest BCUT2D eigenvalue weighted by Gasteiger charge is 2.17. The minimum atomic E-state index is -0.222. The number of alkyl halides is 1. The van der Waals surface area contributed by atoms with Crippen LogP contribution in [-0.2, 0) is 0 Å². The van der Waals surface area contributed by atoms with Crippen LogP contribution in [0.15, 0.2) is 34.8 Å². The smallest absolute Gasteiger partial charge is 0.124 e. The van der Waals surface area contributed by atoms with Crippen LogP contribution in [-0.4, -0.2) is 7.11 Å². The van der Waals surface area contributed by atoms with Gasteiger partial charge in [0.1, 0.15) is 5.75 Å². The van der Waals surface area contributed by atoms with Crippen LogP contribution in [0.4, 0.5) is 0 Å². The topological polar surface area (TPSA) is 9.23 Å². The normalized spacial score (nSPS) is 12.3. The second-order valence-corrected chi connectivity index (χ2v) is 6.42. The van der Waals surface area contributed by atoms with Gasteiger partial charge >= 0.3 is 0 Å². The molecule has 0 N–H and O–H groups in total. The largest absolute Gasteiger partial charge is 0.496 e. The third kappa shape index (κ3) is 3.18. The standard InChI is InChI=1S/C17H18BrClO/c1-10-5-11(2)7-13(6-10)17(19)14-9-15(18)12(3)8-16(14)20-4/h5-9,17H,1-4H3. The first-order valence-electron chi connectivity index (χ1n) is 6.48. The highest BCUT2D eigenvalue weighted by atomic mass is 79.9. The molecule has 0 fully saturated rings. The van der Waals surface area contributed by atoms with Crippen molar-refractivity contribution in [3.05, 3.63) is 62.6 Å². The van der Waals surface area contributed by atoms with E-state index in [1.54, 1.807) is 7.11 Å². The lowest BCUT2D eigenvalue weighted by molar-refractivity contribution is 0.409. The third-order valence-electron chi connectivity index (χ3n) is 3.32. The molecule has 0 saturated carbocycles. The summed E-state index contributed by atoms with van der Waals surface area (Å²) in [6.07, 6.45) is 0. The predicted octanol–water partition coefficient (Wildman–Crippen LogP) is 5.71. The molecule has 0 spiro atoms. The maximum Gasteiger partial charge on any atom is 0.124 e. The zero-order valence-corrected chi connectivity index (χ0v) is 14.5. The number of ether oxygens (including phenoxy) is 1. The van der Waals surface area contributed by atoms with E-state index in [2.05, 4.69) is 48.0 Å². The average Bonchev–Trinajstić information content (AvgIpc) is 2.39. The van der Waals surface area contributed by atoms with Crippen molar-refractivity contribution in [1.82, 2.24) is 0 Å². The maximum atomic E-state index is 6.68. The second-order valence-electron chi connectivity index (χ2n) is 5.13. The van der Waals surface area contributed by atoms with Crippen LogP contribution >= 0.6 is 27.5 Å². The van der Waals surface area contributed by atoms with Crippen molar-refractivity contribution in [1.29, 1.82) is 0 Å². The number of hydrogen-bond donors (Lipinski definition) is 0. The number of benzene rings is 2. The summed E-state index contributed by atoms with van der Waals surface area (Å²) in [5, 5.41) is -0.222. The monoisotopic (exact) mass is 352 g/mol. The molecule has 2 rings (SSSR count). The van der Waals surface area contributed by atoms with E-state index in [1.807, 2.05) is 19.1 Å². The van der Waals surface area contributed by atoms with Crippen LogP contribution < -0.4 is 4.74 Å². The molecule has 0 aromatic heterocycles. The van der Waals surface area contributed by atoms with Gasteiger partial charge in [0.15, 0.2) is 0 Å². The Morgan fingerprint density at radius 2 is 1.60 bits per heavy atom. The summed E-state index contributed by atoms with van der Waals surface area (Å²) in [4.78, 5) is 0. The van der Waals surface area contributed by atoms with E-state index in [4.69, 9.17) is 16.3 Å². The molecule has 2 aromatic carbocycles. The average molecular weight is 354 g/mol. The quantitative estimate of drug-likeness (QED) is 0.642. The summed E-state index contributed by atoms with van der Waals surface area (Å²) in [5.74, 6) is 0.824. The van der Waals surface area contributed by atoms with Crippen LogP contribution in [0.5, 0.6) is 5.75 Å². The summed E-state index contributed by atoms with van der Waals surface area (Å²) in [5.41, 5.74) is 5.65. The fourth-order valence-corrected chi connectivity index (χ4v) is 3.04. The zero-order chi connectivity index (χ0) is 14.9. The fraction of sp³-hybridized carbons (Fsp3) is 0.294. The maximum absolute atomic E-state index is 6.68. The van der Waals surface area contributed by atoms with E-state index in [0.29, 0.717) is 0 Å². The van der Waals surface area contributed by atoms with Crippen molar-refractivity contribution >= 4 is 27.5 Å². The molecule has 0 radical (unpaired) electrons. The first-order chi connectivity index (χ1) is 9.42. The molecule has 1 atom stereocenters. The minimum Gasteiger partial charge on any atom is -0.496 e. The summed E-state index contributed by atoms with van der Waals surface area (Å²) in [6.45, 7) is 6.21. The minimum absolute atomic E-state index is 0.222. The molecule has 106 valence electrons. The van der Waals surface area contributed by atoms with E-state index in [9.17, 15) is 0 Å². The Hall–Kier alpha value is -0.990. The van der Waals surface area contributed by atoms with Crippen molar-refractivity contribution in [3.63, 3.8) is 0 Å². The molecule has 0 aliphatic carbocycles. The Bertz CT molecular complexity index is 617. The number of aryl methyl sites for hydroxylation is 3. The van der Waals surface area contributed by atoms with Crippen molar-refractivity contribution < 1.29 is 4.74 Å². The Kier molecular flexibility index (Phi) is 4.77. The van der Waals surface area contributed by atoms with E-state index in [0.717, 1.165) is 26.9 Å². The van der Waals surface area contributed by atoms with Gasteiger partial charge in [0.05, 0.1) is 12.5 Å². The van der Waals surface area contributed by atoms with E-state index in [-0.39, 0.29) is 5.38 Å². The highest BCUT2D eigenvalue weighted by molar-refractivity contribution is 9.10. The van der Waals surface area contributed by atoms with Crippen molar-refractivity contribution in [2.45, 2.75) is 26.1 Å². The molecule has 0 aliphatic heterocycles. The van der Waals surface area contributed by atoms with E-state index < -0.39 is 0 Å². The summed E-state index contributed by atoms with van der Waals surface area (Å²) < 4.78 is 6.52. The van der Waals surface area contributed by atoms with Gasteiger partial charge in [-0.3, -0.25) is 0 Å². The summed E-state index contributed by atoms with van der Waals surface area (Å²) >= 11 is 10.2. The van der Waals surface area contributed by atoms with Gasteiger partial charge in [0.25, 0.3) is 0 Å². The molecule has 0 heterocycles. The van der Waals surface area contributed by atoms with Crippen LogP contribution in [0.1, 0.15) is 33.2 Å². The second kappa shape index (κ2) is 6.19. The van der Waals surface area contributed by atoms with Crippen molar-refractivity contribution in [2.24, 2.45) is 0 Å². The SMILES string of the molecule is COc1cc(C)c(Br)cc1C(Cl)c1cc(C)cc(C)c1. The van der Waals surface area contributed by atoms with Crippen LogP contribution in [0.2, 0.25) is 0 Å². The molecule has 2 aromatic rings. The van der Waals surface area contributed by atoms with Gasteiger partial charge in [0.2, 0.25) is 0 Å². The van der Waals surface area contributed by atoms with Crippen LogP contribution in [0.25, 0.3) is 0 Å². The van der Waals surface area contributed by atoms with Gasteiger partial charge < -0.3 is 4.74 Å². The lowest BCUT2D eigenvalue weighted by Crippen LogP contribution is -1.99. The van der Waals surface area contributed by atoms with Gasteiger partial charge in [-0.2, -0.15) is 0 Å². The number of hydrogen-bond acceptors (Lipinski definition) is 1. The van der Waals surface area contributed by atoms with E-state index >= 15 is 0 Å². The first-order valence-corrected chi connectivity index (χ1v) is 7.71. The summed E-state index contributed by atoms with van der Waals surface area (Å²) in [7, 11) is 1.68.